The average molecular weight is 334 g/mol. The van der Waals surface area contributed by atoms with Crippen LogP contribution in [0, 0.1) is 5.82 Å². The van der Waals surface area contributed by atoms with E-state index < -0.39 is 0 Å². The predicted octanol–water partition coefficient (Wildman–Crippen LogP) is 3.06. The summed E-state index contributed by atoms with van der Waals surface area (Å²) in [7, 11) is 0. The van der Waals surface area contributed by atoms with Gasteiger partial charge < -0.3 is 10.2 Å². The molecule has 2 amide bonds. The van der Waals surface area contributed by atoms with Crippen LogP contribution in [0.3, 0.4) is 0 Å². The van der Waals surface area contributed by atoms with Crippen molar-refractivity contribution in [1.82, 2.24) is 10.2 Å². The molecule has 4 nitrogen and oxygen atoms in total. The molecule has 5 heteroatoms. The van der Waals surface area contributed by atoms with Gasteiger partial charge in [-0.15, -0.1) is 0 Å². The van der Waals surface area contributed by atoms with E-state index in [1.54, 1.807) is 17.0 Å². The molecule has 2 rings (SSSR count). The third kappa shape index (κ3) is 6.30. The van der Waals surface area contributed by atoms with Crippen LogP contribution in [0.15, 0.2) is 24.3 Å². The zero-order chi connectivity index (χ0) is 17.4. The number of hydrogen-bond acceptors (Lipinski definition) is 2. The predicted molar refractivity (Wildman–Crippen MR) is 92.0 cm³/mol. The Balaban J connectivity index is 1.74. The Labute approximate surface area is 143 Å². The van der Waals surface area contributed by atoms with Crippen molar-refractivity contribution in [1.29, 1.82) is 0 Å². The number of nitrogens with one attached hydrogen (secondary N) is 1. The van der Waals surface area contributed by atoms with Gasteiger partial charge in [-0.2, -0.15) is 0 Å². The SMILES string of the molecule is CC(=O)N(CCC(=O)NC1CCCCC1)CCc1ccc(F)cc1. The van der Waals surface area contributed by atoms with E-state index in [4.69, 9.17) is 0 Å². The van der Waals surface area contributed by atoms with Gasteiger partial charge in [-0.05, 0) is 37.0 Å². The molecule has 1 saturated carbocycles. The fraction of sp³-hybridized carbons (Fsp3) is 0.579. The Bertz CT molecular complexity index is 539. The second-order valence-electron chi connectivity index (χ2n) is 6.53. The molecule has 0 saturated heterocycles. The summed E-state index contributed by atoms with van der Waals surface area (Å²) in [5.41, 5.74) is 0.981. The molecular formula is C19H27FN2O2. The summed E-state index contributed by atoms with van der Waals surface area (Å²) in [6.45, 7) is 2.48. The quantitative estimate of drug-likeness (QED) is 0.833. The summed E-state index contributed by atoms with van der Waals surface area (Å²) in [4.78, 5) is 25.5. The number of benzene rings is 1. The van der Waals surface area contributed by atoms with Crippen molar-refractivity contribution >= 4 is 11.8 Å². The smallest absolute Gasteiger partial charge is 0.221 e. The van der Waals surface area contributed by atoms with Gasteiger partial charge in [0.1, 0.15) is 5.82 Å². The highest BCUT2D eigenvalue weighted by atomic mass is 19.1. The fourth-order valence-electron chi connectivity index (χ4n) is 3.13. The van der Waals surface area contributed by atoms with E-state index in [9.17, 15) is 14.0 Å². The summed E-state index contributed by atoms with van der Waals surface area (Å²) in [6, 6.07) is 6.60. The molecule has 0 atom stereocenters. The molecule has 1 aliphatic carbocycles. The van der Waals surface area contributed by atoms with E-state index in [-0.39, 0.29) is 17.6 Å². The molecule has 0 radical (unpaired) electrons. The minimum Gasteiger partial charge on any atom is -0.353 e. The molecule has 0 unspecified atom stereocenters. The molecular weight excluding hydrogens is 307 g/mol. The average Bonchev–Trinajstić information content (AvgIpc) is 2.57. The summed E-state index contributed by atoms with van der Waals surface area (Å²) in [5.74, 6) is -0.279. The number of halogens is 1. The second-order valence-corrected chi connectivity index (χ2v) is 6.53. The van der Waals surface area contributed by atoms with Gasteiger partial charge in [0.2, 0.25) is 11.8 Å². The van der Waals surface area contributed by atoms with Crippen molar-refractivity contribution in [2.24, 2.45) is 0 Å². The van der Waals surface area contributed by atoms with Crippen LogP contribution in [0.1, 0.15) is 51.0 Å². The molecule has 1 fully saturated rings. The maximum absolute atomic E-state index is 12.9. The van der Waals surface area contributed by atoms with Crippen molar-refractivity contribution in [3.63, 3.8) is 0 Å². The molecule has 132 valence electrons. The Morgan fingerprint density at radius 2 is 1.79 bits per heavy atom. The highest BCUT2D eigenvalue weighted by molar-refractivity contribution is 5.78. The molecule has 0 heterocycles. The van der Waals surface area contributed by atoms with Crippen LogP contribution in [0.4, 0.5) is 4.39 Å². The van der Waals surface area contributed by atoms with Crippen molar-refractivity contribution in [3.8, 4) is 0 Å². The highest BCUT2D eigenvalue weighted by Crippen LogP contribution is 2.17. The molecule has 1 N–H and O–H groups in total. The van der Waals surface area contributed by atoms with Crippen molar-refractivity contribution in [2.75, 3.05) is 13.1 Å². The largest absolute Gasteiger partial charge is 0.353 e. The number of amides is 2. The first-order valence-electron chi connectivity index (χ1n) is 8.84. The lowest BCUT2D eigenvalue weighted by Gasteiger charge is -2.24. The molecule has 1 aromatic carbocycles. The number of rotatable bonds is 7. The lowest BCUT2D eigenvalue weighted by molar-refractivity contribution is -0.129. The van der Waals surface area contributed by atoms with Gasteiger partial charge in [-0.3, -0.25) is 9.59 Å². The van der Waals surface area contributed by atoms with Gasteiger partial charge in [0.05, 0.1) is 0 Å². The molecule has 24 heavy (non-hydrogen) atoms. The van der Waals surface area contributed by atoms with Gasteiger partial charge in [-0.1, -0.05) is 31.4 Å². The topological polar surface area (TPSA) is 49.4 Å². The van der Waals surface area contributed by atoms with Crippen LogP contribution in [0.25, 0.3) is 0 Å². The number of hydrogen-bond donors (Lipinski definition) is 1. The maximum Gasteiger partial charge on any atom is 0.221 e. The first-order valence-corrected chi connectivity index (χ1v) is 8.84. The minimum absolute atomic E-state index is 0.0231. The van der Waals surface area contributed by atoms with Crippen molar-refractivity contribution in [2.45, 2.75) is 57.9 Å². The Morgan fingerprint density at radius 1 is 1.12 bits per heavy atom. The van der Waals surface area contributed by atoms with E-state index in [1.165, 1.54) is 38.3 Å². The standard InChI is InChI=1S/C19H27FN2O2/c1-15(23)22(13-11-16-7-9-17(20)10-8-16)14-12-19(24)21-18-5-3-2-4-6-18/h7-10,18H,2-6,11-14H2,1H3,(H,21,24). The normalized spacial score (nSPS) is 15.1. The van der Waals surface area contributed by atoms with Crippen LogP contribution >= 0.6 is 0 Å². The first-order chi connectivity index (χ1) is 11.5. The third-order valence-corrected chi connectivity index (χ3v) is 4.61. The Morgan fingerprint density at radius 3 is 2.42 bits per heavy atom. The highest BCUT2D eigenvalue weighted by Gasteiger charge is 2.17. The lowest BCUT2D eigenvalue weighted by Crippen LogP contribution is -2.39. The van der Waals surface area contributed by atoms with Gasteiger partial charge >= 0.3 is 0 Å². The van der Waals surface area contributed by atoms with Gasteiger partial charge in [0.15, 0.2) is 0 Å². The summed E-state index contributed by atoms with van der Waals surface area (Å²) in [6.07, 6.45) is 6.74. The van der Waals surface area contributed by atoms with Crippen LogP contribution in [-0.4, -0.2) is 35.8 Å². The van der Waals surface area contributed by atoms with Crippen LogP contribution in [0.2, 0.25) is 0 Å². The zero-order valence-electron chi connectivity index (χ0n) is 14.4. The van der Waals surface area contributed by atoms with E-state index in [2.05, 4.69) is 5.32 Å². The molecule has 0 aromatic heterocycles. The lowest BCUT2D eigenvalue weighted by atomic mass is 9.95. The van der Waals surface area contributed by atoms with Crippen LogP contribution < -0.4 is 5.32 Å². The van der Waals surface area contributed by atoms with Crippen molar-refractivity contribution in [3.05, 3.63) is 35.6 Å². The van der Waals surface area contributed by atoms with Crippen molar-refractivity contribution < 1.29 is 14.0 Å². The van der Waals surface area contributed by atoms with E-state index in [1.807, 2.05) is 0 Å². The third-order valence-electron chi connectivity index (χ3n) is 4.61. The van der Waals surface area contributed by atoms with Gasteiger partial charge in [0.25, 0.3) is 0 Å². The molecule has 0 bridgehead atoms. The Hall–Kier alpha value is -1.91. The minimum atomic E-state index is -0.262. The monoisotopic (exact) mass is 334 g/mol. The maximum atomic E-state index is 12.9. The van der Waals surface area contributed by atoms with E-state index >= 15 is 0 Å². The first kappa shape index (κ1) is 18.4. The molecule has 0 aliphatic heterocycles. The van der Waals surface area contributed by atoms with E-state index in [0.717, 1.165) is 18.4 Å². The molecule has 1 aromatic rings. The zero-order valence-corrected chi connectivity index (χ0v) is 14.4. The fourth-order valence-corrected chi connectivity index (χ4v) is 3.13. The molecule has 1 aliphatic rings. The second kappa shape index (κ2) is 9.40. The summed E-state index contributed by atoms with van der Waals surface area (Å²) < 4.78 is 12.9. The number of carbonyl (C=O) groups is 2. The van der Waals surface area contributed by atoms with Crippen LogP contribution in [-0.2, 0) is 16.0 Å². The van der Waals surface area contributed by atoms with Gasteiger partial charge in [0, 0.05) is 32.5 Å². The van der Waals surface area contributed by atoms with Crippen LogP contribution in [0.5, 0.6) is 0 Å². The number of nitrogens with zero attached hydrogens (tertiary/aromatic N) is 1. The van der Waals surface area contributed by atoms with E-state index in [0.29, 0.717) is 32.0 Å². The number of carbonyl (C=O) groups excluding carboxylic acids is 2. The summed E-state index contributed by atoms with van der Waals surface area (Å²) >= 11 is 0. The summed E-state index contributed by atoms with van der Waals surface area (Å²) in [5, 5.41) is 3.07. The molecule has 0 spiro atoms. The Kier molecular flexibility index (Phi) is 7.22. The van der Waals surface area contributed by atoms with Gasteiger partial charge in [-0.25, -0.2) is 4.39 Å².